The lowest BCUT2D eigenvalue weighted by atomic mass is 9.75. The molecule has 0 saturated heterocycles. The zero-order chi connectivity index (χ0) is 23.3. The first-order chi connectivity index (χ1) is 15.5. The average Bonchev–Trinajstić information content (AvgIpc) is 2.79. The smallest absolute Gasteiger partial charge is 0.0548 e. The predicted molar refractivity (Wildman–Crippen MR) is 141 cm³/mol. The van der Waals surface area contributed by atoms with Crippen LogP contribution < -0.4 is 0 Å². The van der Waals surface area contributed by atoms with Gasteiger partial charge < -0.3 is 5.11 Å². The minimum Gasteiger partial charge on any atom is -0.396 e. The second kappa shape index (κ2) is 15.2. The summed E-state index contributed by atoms with van der Waals surface area (Å²) in [5, 5.41) is 9.58. The first kappa shape index (κ1) is 27.5. The molecule has 2 heteroatoms. The summed E-state index contributed by atoms with van der Waals surface area (Å²) >= 11 is 6.78. The monoisotopic (exact) mass is 460 g/mol. The molecule has 1 N–H and O–H groups in total. The third-order valence-electron chi connectivity index (χ3n) is 7.54. The van der Waals surface area contributed by atoms with Crippen LogP contribution >= 0.6 is 11.6 Å². The topological polar surface area (TPSA) is 20.2 Å². The maximum atomic E-state index is 9.39. The summed E-state index contributed by atoms with van der Waals surface area (Å²) in [6.45, 7) is 9.44. The molecule has 2 rings (SSSR count). The molecule has 0 aliphatic heterocycles. The minimum absolute atomic E-state index is 0.189. The number of halogens is 1. The Morgan fingerprint density at radius 1 is 0.906 bits per heavy atom. The van der Waals surface area contributed by atoms with Crippen LogP contribution in [0.15, 0.2) is 35.9 Å². The van der Waals surface area contributed by atoms with Gasteiger partial charge in [0.1, 0.15) is 0 Å². The molecule has 5 unspecified atom stereocenters. The Hall–Kier alpha value is -0.790. The van der Waals surface area contributed by atoms with Gasteiger partial charge in [0, 0.05) is 6.61 Å². The van der Waals surface area contributed by atoms with Crippen LogP contribution in [0.1, 0.15) is 103 Å². The average molecular weight is 461 g/mol. The van der Waals surface area contributed by atoms with E-state index in [9.17, 15) is 5.11 Å². The van der Waals surface area contributed by atoms with E-state index in [1.165, 1.54) is 74.5 Å². The van der Waals surface area contributed by atoms with Crippen molar-refractivity contribution < 1.29 is 5.11 Å². The quantitative estimate of drug-likeness (QED) is 0.157. The van der Waals surface area contributed by atoms with Gasteiger partial charge in [0.25, 0.3) is 0 Å². The van der Waals surface area contributed by atoms with E-state index in [2.05, 4.69) is 58.0 Å². The van der Waals surface area contributed by atoms with Gasteiger partial charge in [0.15, 0.2) is 0 Å². The molecular formula is C30H49ClO. The predicted octanol–water partition coefficient (Wildman–Crippen LogP) is 8.76. The number of alkyl halides is 1. The van der Waals surface area contributed by atoms with Crippen molar-refractivity contribution in [3.05, 3.63) is 47.0 Å². The van der Waals surface area contributed by atoms with Crippen molar-refractivity contribution in [2.45, 2.75) is 110 Å². The highest BCUT2D eigenvalue weighted by Crippen LogP contribution is 2.37. The number of benzene rings is 1. The van der Waals surface area contributed by atoms with Crippen LogP contribution in [0, 0.1) is 23.7 Å². The second-order valence-corrected chi connectivity index (χ2v) is 11.2. The molecule has 0 fully saturated rings. The standard InChI is InChI=1S/C30H49ClO/c1-5-7-8-9-10-11-25-12-14-26(15-13-25)20-29-21-28(16-17-30(29)31)27(6-2)19-23(3)18-24(4)22-32/h12-15,21,23-24,27-28,30,32H,5-11,16-20,22H2,1-4H3. The van der Waals surface area contributed by atoms with Gasteiger partial charge in [0.05, 0.1) is 5.38 Å². The number of unbranched alkanes of at least 4 members (excludes halogenated alkanes) is 4. The largest absolute Gasteiger partial charge is 0.396 e. The zero-order valence-corrected chi connectivity index (χ0v) is 22.0. The van der Waals surface area contributed by atoms with Crippen molar-refractivity contribution >= 4 is 11.6 Å². The highest BCUT2D eigenvalue weighted by atomic mass is 35.5. The summed E-state index contributed by atoms with van der Waals surface area (Å²) in [5.74, 6) is 2.46. The molecule has 0 bridgehead atoms. The van der Waals surface area contributed by atoms with Gasteiger partial charge in [-0.2, -0.15) is 0 Å². The van der Waals surface area contributed by atoms with Gasteiger partial charge in [-0.25, -0.2) is 0 Å². The molecule has 0 saturated carbocycles. The van der Waals surface area contributed by atoms with E-state index >= 15 is 0 Å². The Bertz CT molecular complexity index is 649. The first-order valence-electron chi connectivity index (χ1n) is 13.5. The molecular weight excluding hydrogens is 412 g/mol. The summed E-state index contributed by atoms with van der Waals surface area (Å²) in [6.07, 6.45) is 17.4. The molecule has 0 aromatic heterocycles. The van der Waals surface area contributed by atoms with Gasteiger partial charge in [-0.3, -0.25) is 0 Å². The molecule has 0 radical (unpaired) electrons. The van der Waals surface area contributed by atoms with Crippen molar-refractivity contribution in [1.82, 2.24) is 0 Å². The van der Waals surface area contributed by atoms with Crippen LogP contribution in [-0.2, 0) is 12.8 Å². The third-order valence-corrected chi connectivity index (χ3v) is 8.03. The second-order valence-electron chi connectivity index (χ2n) is 10.6. The van der Waals surface area contributed by atoms with Crippen LogP contribution in [0.25, 0.3) is 0 Å². The van der Waals surface area contributed by atoms with E-state index < -0.39 is 0 Å². The molecule has 1 aliphatic rings. The lowest BCUT2D eigenvalue weighted by molar-refractivity contribution is 0.197. The van der Waals surface area contributed by atoms with Crippen LogP contribution in [-0.4, -0.2) is 17.1 Å². The Balaban J connectivity index is 1.93. The van der Waals surface area contributed by atoms with Gasteiger partial charge in [-0.05, 0) is 79.7 Å². The van der Waals surface area contributed by atoms with E-state index in [-0.39, 0.29) is 5.38 Å². The number of rotatable bonds is 15. The lowest BCUT2D eigenvalue weighted by Gasteiger charge is -2.32. The fourth-order valence-corrected chi connectivity index (χ4v) is 5.82. The van der Waals surface area contributed by atoms with Gasteiger partial charge >= 0.3 is 0 Å². The van der Waals surface area contributed by atoms with E-state index in [4.69, 9.17) is 11.6 Å². The number of aryl methyl sites for hydroxylation is 1. The van der Waals surface area contributed by atoms with Gasteiger partial charge in [-0.1, -0.05) is 95.7 Å². The van der Waals surface area contributed by atoms with Crippen LogP contribution in [0.2, 0.25) is 0 Å². The number of aliphatic hydroxyl groups excluding tert-OH is 1. The molecule has 1 aromatic carbocycles. The Kier molecular flexibility index (Phi) is 13.0. The maximum absolute atomic E-state index is 9.39. The van der Waals surface area contributed by atoms with Crippen LogP contribution in [0.5, 0.6) is 0 Å². The van der Waals surface area contributed by atoms with E-state index in [0.29, 0.717) is 24.4 Å². The van der Waals surface area contributed by atoms with Gasteiger partial charge in [0.2, 0.25) is 0 Å². The first-order valence-corrected chi connectivity index (χ1v) is 13.9. The summed E-state index contributed by atoms with van der Waals surface area (Å²) in [5.41, 5.74) is 4.31. The maximum Gasteiger partial charge on any atom is 0.0548 e. The van der Waals surface area contributed by atoms with E-state index in [1.54, 1.807) is 0 Å². The molecule has 5 atom stereocenters. The SMILES string of the molecule is CCCCCCCc1ccc(CC2=CC(C(CC)CC(C)CC(C)CO)CCC2Cl)cc1. The molecule has 1 nitrogen and oxygen atoms in total. The fourth-order valence-electron chi connectivity index (χ4n) is 5.54. The summed E-state index contributed by atoms with van der Waals surface area (Å²) in [6, 6.07) is 9.31. The third kappa shape index (κ3) is 9.60. The molecule has 182 valence electrons. The molecule has 32 heavy (non-hydrogen) atoms. The number of hydrogen-bond donors (Lipinski definition) is 1. The highest BCUT2D eigenvalue weighted by molar-refractivity contribution is 6.22. The van der Waals surface area contributed by atoms with Crippen LogP contribution in [0.4, 0.5) is 0 Å². The van der Waals surface area contributed by atoms with Gasteiger partial charge in [-0.15, -0.1) is 11.6 Å². The number of hydrogen-bond acceptors (Lipinski definition) is 1. The van der Waals surface area contributed by atoms with E-state index in [0.717, 1.165) is 25.2 Å². The highest BCUT2D eigenvalue weighted by Gasteiger charge is 2.27. The normalized spacial score (nSPS) is 21.8. The Labute approximate surface area is 204 Å². The minimum atomic E-state index is 0.189. The summed E-state index contributed by atoms with van der Waals surface area (Å²) < 4.78 is 0. The molecule has 0 spiro atoms. The molecule has 0 amide bonds. The number of aliphatic hydroxyl groups is 1. The molecule has 0 heterocycles. The van der Waals surface area contributed by atoms with Crippen molar-refractivity contribution in [3.63, 3.8) is 0 Å². The van der Waals surface area contributed by atoms with Crippen molar-refractivity contribution in [3.8, 4) is 0 Å². The fraction of sp³-hybridized carbons (Fsp3) is 0.733. The summed E-state index contributed by atoms with van der Waals surface area (Å²) in [7, 11) is 0. The Morgan fingerprint density at radius 3 is 2.25 bits per heavy atom. The zero-order valence-electron chi connectivity index (χ0n) is 21.3. The van der Waals surface area contributed by atoms with Crippen molar-refractivity contribution in [1.29, 1.82) is 0 Å². The van der Waals surface area contributed by atoms with E-state index in [1.807, 2.05) is 0 Å². The lowest BCUT2D eigenvalue weighted by Crippen LogP contribution is -2.23. The molecule has 1 aromatic rings. The van der Waals surface area contributed by atoms with Crippen LogP contribution in [0.3, 0.4) is 0 Å². The van der Waals surface area contributed by atoms with Crippen molar-refractivity contribution in [2.24, 2.45) is 23.7 Å². The Morgan fingerprint density at radius 2 is 1.59 bits per heavy atom. The summed E-state index contributed by atoms with van der Waals surface area (Å²) in [4.78, 5) is 0. The number of allylic oxidation sites excluding steroid dienone is 2. The molecule has 1 aliphatic carbocycles. The van der Waals surface area contributed by atoms with Crippen molar-refractivity contribution in [2.75, 3.05) is 6.61 Å².